The van der Waals surface area contributed by atoms with Gasteiger partial charge in [0.05, 0.1) is 4.92 Å². The summed E-state index contributed by atoms with van der Waals surface area (Å²) in [7, 11) is 0. The number of hydrogen-bond donors (Lipinski definition) is 1. The van der Waals surface area contributed by atoms with Gasteiger partial charge in [0, 0.05) is 25.2 Å². The molecule has 7 nitrogen and oxygen atoms in total. The fourth-order valence-corrected chi connectivity index (χ4v) is 2.98. The zero-order valence-corrected chi connectivity index (χ0v) is 20.1. The van der Waals surface area contributed by atoms with Gasteiger partial charge in [-0.3, -0.25) is 10.1 Å². The number of unbranched alkanes of at least 4 members (excludes halogenated alkanes) is 1. The van der Waals surface area contributed by atoms with Crippen LogP contribution in [-0.2, 0) is 11.2 Å². The SMILES string of the molecule is CC(C)(C)[CH]CCCN(CCCNCCc1ccc([N+](=O)[O-])cc1)C(=O)OC(C)(C)C. The number of non-ortho nitro benzene ring substituents is 1. The number of amides is 1. The summed E-state index contributed by atoms with van der Waals surface area (Å²) in [5.74, 6) is 0. The van der Waals surface area contributed by atoms with Crippen LogP contribution in [0.25, 0.3) is 0 Å². The standard InChI is InChI=1S/C24H40N3O4/c1-23(2,3)15-7-8-18-26(22(28)31-24(4,5)6)19-9-16-25-17-14-20-10-12-21(13-11-20)27(29)30/h10-13,15,25H,7-9,14,16-19H2,1-6H3. The van der Waals surface area contributed by atoms with Gasteiger partial charge >= 0.3 is 6.09 Å². The van der Waals surface area contributed by atoms with Gasteiger partial charge in [0.25, 0.3) is 5.69 Å². The Bertz CT molecular complexity index is 676. The zero-order valence-electron chi connectivity index (χ0n) is 20.1. The second-order valence-electron chi connectivity index (χ2n) is 9.96. The molecule has 0 fully saturated rings. The van der Waals surface area contributed by atoms with Crippen LogP contribution in [-0.4, -0.2) is 47.7 Å². The van der Waals surface area contributed by atoms with Crippen molar-refractivity contribution in [2.24, 2.45) is 5.41 Å². The zero-order chi connectivity index (χ0) is 23.5. The van der Waals surface area contributed by atoms with Crippen molar-refractivity contribution in [2.45, 2.75) is 72.8 Å². The van der Waals surface area contributed by atoms with Gasteiger partial charge in [-0.15, -0.1) is 0 Å². The highest BCUT2D eigenvalue weighted by Gasteiger charge is 2.22. The molecule has 7 heteroatoms. The van der Waals surface area contributed by atoms with E-state index in [1.54, 1.807) is 17.0 Å². The Labute approximate surface area is 187 Å². The van der Waals surface area contributed by atoms with E-state index < -0.39 is 5.60 Å². The van der Waals surface area contributed by atoms with E-state index in [9.17, 15) is 14.9 Å². The first-order chi connectivity index (χ1) is 14.4. The molecule has 1 aromatic rings. The average Bonchev–Trinajstić information content (AvgIpc) is 2.64. The first kappa shape index (κ1) is 26.9. The maximum Gasteiger partial charge on any atom is 0.410 e. The normalized spacial score (nSPS) is 11.9. The minimum absolute atomic E-state index is 0.110. The quantitative estimate of drug-likeness (QED) is 0.271. The number of nitrogens with zero attached hydrogens (tertiary/aromatic N) is 2. The van der Waals surface area contributed by atoms with Crippen LogP contribution in [0.1, 0.15) is 66.4 Å². The van der Waals surface area contributed by atoms with E-state index in [2.05, 4.69) is 32.5 Å². The summed E-state index contributed by atoms with van der Waals surface area (Å²) in [6.45, 7) is 15.1. The van der Waals surface area contributed by atoms with Gasteiger partial charge < -0.3 is 15.0 Å². The molecule has 1 rings (SSSR count). The summed E-state index contributed by atoms with van der Waals surface area (Å²) >= 11 is 0. The van der Waals surface area contributed by atoms with Gasteiger partial charge in [0.1, 0.15) is 5.60 Å². The number of ether oxygens (including phenoxy) is 1. The number of hydrogen-bond acceptors (Lipinski definition) is 5. The van der Waals surface area contributed by atoms with Crippen LogP contribution >= 0.6 is 0 Å². The fourth-order valence-electron chi connectivity index (χ4n) is 2.98. The molecule has 0 unspecified atom stereocenters. The molecule has 1 aromatic carbocycles. The Morgan fingerprint density at radius 1 is 1.06 bits per heavy atom. The third-order valence-corrected chi connectivity index (χ3v) is 4.56. The predicted molar refractivity (Wildman–Crippen MR) is 125 cm³/mol. The second-order valence-corrected chi connectivity index (χ2v) is 9.96. The van der Waals surface area contributed by atoms with Crippen LogP contribution in [0.3, 0.4) is 0 Å². The van der Waals surface area contributed by atoms with Gasteiger partial charge in [0.2, 0.25) is 0 Å². The summed E-state index contributed by atoms with van der Waals surface area (Å²) < 4.78 is 5.57. The maximum atomic E-state index is 12.6. The Morgan fingerprint density at radius 3 is 2.23 bits per heavy atom. The third kappa shape index (κ3) is 13.0. The minimum Gasteiger partial charge on any atom is -0.444 e. The van der Waals surface area contributed by atoms with Gasteiger partial charge in [0.15, 0.2) is 0 Å². The van der Waals surface area contributed by atoms with Crippen molar-refractivity contribution in [1.82, 2.24) is 10.2 Å². The summed E-state index contributed by atoms with van der Waals surface area (Å²) in [6.07, 6.45) is 5.56. The third-order valence-electron chi connectivity index (χ3n) is 4.56. The average molecular weight is 435 g/mol. The molecule has 1 amide bonds. The van der Waals surface area contributed by atoms with Crippen molar-refractivity contribution in [1.29, 1.82) is 0 Å². The number of nitro groups is 1. The molecule has 175 valence electrons. The largest absolute Gasteiger partial charge is 0.444 e. The highest BCUT2D eigenvalue weighted by Crippen LogP contribution is 2.20. The molecule has 0 atom stereocenters. The van der Waals surface area contributed by atoms with Crippen LogP contribution in [0.4, 0.5) is 10.5 Å². The van der Waals surface area contributed by atoms with E-state index in [0.717, 1.165) is 44.3 Å². The fraction of sp³-hybridized carbons (Fsp3) is 0.667. The van der Waals surface area contributed by atoms with Gasteiger partial charge in [-0.1, -0.05) is 32.9 Å². The first-order valence-corrected chi connectivity index (χ1v) is 11.1. The van der Waals surface area contributed by atoms with E-state index >= 15 is 0 Å². The second kappa shape index (κ2) is 12.6. The highest BCUT2D eigenvalue weighted by molar-refractivity contribution is 5.68. The number of benzene rings is 1. The van der Waals surface area contributed by atoms with Gasteiger partial charge in [-0.25, -0.2) is 4.79 Å². The molecule has 1 radical (unpaired) electrons. The molecular weight excluding hydrogens is 394 g/mol. The van der Waals surface area contributed by atoms with Crippen molar-refractivity contribution in [3.05, 3.63) is 46.4 Å². The molecule has 0 saturated heterocycles. The summed E-state index contributed by atoms with van der Waals surface area (Å²) in [5, 5.41) is 14.1. The lowest BCUT2D eigenvalue weighted by atomic mass is 9.90. The van der Waals surface area contributed by atoms with E-state index in [-0.39, 0.29) is 22.1 Å². The van der Waals surface area contributed by atoms with E-state index in [0.29, 0.717) is 13.1 Å². The summed E-state index contributed by atoms with van der Waals surface area (Å²) in [5.41, 5.74) is 0.850. The highest BCUT2D eigenvalue weighted by atomic mass is 16.6. The molecule has 1 N–H and O–H groups in total. The van der Waals surface area contributed by atoms with Crippen molar-refractivity contribution in [2.75, 3.05) is 26.2 Å². The lowest BCUT2D eigenvalue weighted by Crippen LogP contribution is -2.39. The first-order valence-electron chi connectivity index (χ1n) is 11.1. The van der Waals surface area contributed by atoms with Crippen molar-refractivity contribution >= 4 is 11.8 Å². The molecule has 31 heavy (non-hydrogen) atoms. The van der Waals surface area contributed by atoms with E-state index in [1.165, 1.54) is 12.1 Å². The number of nitro benzene ring substituents is 1. The van der Waals surface area contributed by atoms with Crippen LogP contribution in [0, 0.1) is 22.0 Å². The van der Waals surface area contributed by atoms with Gasteiger partial charge in [-0.05, 0) is 76.9 Å². The predicted octanol–water partition coefficient (Wildman–Crippen LogP) is 5.38. The maximum absolute atomic E-state index is 12.6. The summed E-state index contributed by atoms with van der Waals surface area (Å²) in [6, 6.07) is 6.65. The Kier molecular flexibility index (Phi) is 11.0. The summed E-state index contributed by atoms with van der Waals surface area (Å²) in [4.78, 5) is 24.7. The van der Waals surface area contributed by atoms with Crippen LogP contribution in [0.2, 0.25) is 0 Å². The molecule has 0 spiro atoms. The molecule has 0 aromatic heterocycles. The molecule has 0 aliphatic rings. The molecular formula is C24H40N3O4. The van der Waals surface area contributed by atoms with Gasteiger partial charge in [-0.2, -0.15) is 0 Å². The van der Waals surface area contributed by atoms with E-state index in [4.69, 9.17) is 4.74 Å². The Hall–Kier alpha value is -2.15. The van der Waals surface area contributed by atoms with Crippen molar-refractivity contribution in [3.63, 3.8) is 0 Å². The molecule has 0 saturated carbocycles. The Balaban J connectivity index is 2.37. The lowest BCUT2D eigenvalue weighted by Gasteiger charge is -2.28. The molecule has 0 bridgehead atoms. The van der Waals surface area contributed by atoms with Crippen LogP contribution in [0.15, 0.2) is 24.3 Å². The number of carbonyl (C=O) groups excluding carboxylic acids is 1. The number of rotatable bonds is 12. The minimum atomic E-state index is -0.504. The van der Waals surface area contributed by atoms with Crippen LogP contribution < -0.4 is 5.32 Å². The van der Waals surface area contributed by atoms with Crippen molar-refractivity contribution in [3.8, 4) is 0 Å². The topological polar surface area (TPSA) is 84.7 Å². The monoisotopic (exact) mass is 434 g/mol. The number of nitrogens with one attached hydrogen (secondary N) is 1. The molecule has 0 aliphatic carbocycles. The Morgan fingerprint density at radius 2 is 1.68 bits per heavy atom. The molecule has 0 heterocycles. The van der Waals surface area contributed by atoms with Crippen LogP contribution in [0.5, 0.6) is 0 Å². The lowest BCUT2D eigenvalue weighted by molar-refractivity contribution is -0.384. The smallest absolute Gasteiger partial charge is 0.410 e. The van der Waals surface area contributed by atoms with Crippen molar-refractivity contribution < 1.29 is 14.5 Å². The molecule has 0 aliphatic heterocycles. The van der Waals surface area contributed by atoms with E-state index in [1.807, 2.05) is 20.8 Å². The number of carbonyl (C=O) groups is 1.